The van der Waals surface area contributed by atoms with E-state index in [1.165, 1.54) is 0 Å². The van der Waals surface area contributed by atoms with E-state index in [0.29, 0.717) is 63.4 Å². The van der Waals surface area contributed by atoms with Crippen molar-refractivity contribution in [3.8, 4) is 0 Å². The second kappa shape index (κ2) is 10.5. The molecule has 0 aliphatic carbocycles. The fourth-order valence-electron chi connectivity index (χ4n) is 3.10. The smallest absolute Gasteiger partial charge is 0.320 e. The van der Waals surface area contributed by atoms with Gasteiger partial charge in [0.2, 0.25) is 5.72 Å². The number of unbranched alkanes of at least 4 members (excludes halogenated alkanes) is 1. The summed E-state index contributed by atoms with van der Waals surface area (Å²) in [5, 5.41) is 33.6. The first-order valence-corrected chi connectivity index (χ1v) is 9.67. The number of aliphatic hydroxyl groups is 1. The number of nitrogens with one attached hydrogen (secondary N) is 2. The highest BCUT2D eigenvalue weighted by Crippen LogP contribution is 2.27. The van der Waals surface area contributed by atoms with Crippen molar-refractivity contribution in [2.45, 2.75) is 62.4 Å². The molecule has 2 rings (SSSR count). The molecule has 2 heterocycles. The average molecular weight is 414 g/mol. The maximum atomic E-state index is 10.7. The van der Waals surface area contributed by atoms with Gasteiger partial charge in [-0.25, -0.2) is 0 Å². The van der Waals surface area contributed by atoms with Crippen LogP contribution in [0.1, 0.15) is 38.5 Å². The molecule has 9 N–H and O–H groups in total. The molecule has 0 aromatic rings. The highest BCUT2D eigenvalue weighted by Gasteiger charge is 2.49. The van der Waals surface area contributed by atoms with E-state index in [1.54, 1.807) is 0 Å². The van der Waals surface area contributed by atoms with Crippen molar-refractivity contribution < 1.29 is 29.6 Å². The average Bonchev–Trinajstić information content (AvgIpc) is 3.20. The Morgan fingerprint density at radius 2 is 1.72 bits per heavy atom. The quantitative estimate of drug-likeness (QED) is 0.189. The number of aliphatic imine (C=N–C) groups is 2. The van der Waals surface area contributed by atoms with Gasteiger partial charge in [-0.15, -0.1) is 0 Å². The third-order valence-electron chi connectivity index (χ3n) is 4.76. The predicted molar refractivity (Wildman–Crippen MR) is 104 cm³/mol. The van der Waals surface area contributed by atoms with E-state index in [1.807, 2.05) is 0 Å². The van der Waals surface area contributed by atoms with Crippen LogP contribution in [0.2, 0.25) is 0 Å². The summed E-state index contributed by atoms with van der Waals surface area (Å²) < 4.78 is 5.73. The van der Waals surface area contributed by atoms with Gasteiger partial charge < -0.3 is 42.2 Å². The molecular formula is C17H30N6O6. The zero-order chi connectivity index (χ0) is 21.4. The number of hydrogen-bond acceptors (Lipinski definition) is 8. The number of ether oxygens (including phenoxy) is 1. The van der Waals surface area contributed by atoms with E-state index < -0.39 is 35.9 Å². The zero-order valence-corrected chi connectivity index (χ0v) is 16.2. The first-order chi connectivity index (χ1) is 13.7. The molecule has 1 spiro atoms. The molecule has 0 aromatic carbocycles. The molecule has 12 heteroatoms. The Morgan fingerprint density at radius 1 is 1.10 bits per heavy atom. The molecular weight excluding hydrogens is 384 g/mol. The highest BCUT2D eigenvalue weighted by molar-refractivity contribution is 6.11. The van der Waals surface area contributed by atoms with Crippen LogP contribution in [-0.2, 0) is 14.3 Å². The third-order valence-corrected chi connectivity index (χ3v) is 4.76. The molecule has 1 unspecified atom stereocenters. The van der Waals surface area contributed by atoms with Crippen LogP contribution >= 0.6 is 0 Å². The van der Waals surface area contributed by atoms with Gasteiger partial charge in [0, 0.05) is 19.5 Å². The summed E-state index contributed by atoms with van der Waals surface area (Å²) in [6.07, 6.45) is 2.15. The molecule has 0 radical (unpaired) electrons. The number of guanidine groups is 1. The van der Waals surface area contributed by atoms with Gasteiger partial charge in [-0.2, -0.15) is 0 Å². The largest absolute Gasteiger partial charge is 0.480 e. The molecule has 29 heavy (non-hydrogen) atoms. The lowest BCUT2D eigenvalue weighted by atomic mass is 10.1. The lowest BCUT2D eigenvalue weighted by molar-refractivity contribution is -0.139. The second-order valence-electron chi connectivity index (χ2n) is 7.23. The summed E-state index contributed by atoms with van der Waals surface area (Å²) in [5.41, 5.74) is 9.99. The van der Waals surface area contributed by atoms with Gasteiger partial charge in [-0.3, -0.25) is 19.6 Å². The zero-order valence-electron chi connectivity index (χ0n) is 16.2. The van der Waals surface area contributed by atoms with E-state index >= 15 is 0 Å². The lowest BCUT2D eigenvalue weighted by Gasteiger charge is -2.21. The van der Waals surface area contributed by atoms with Crippen molar-refractivity contribution >= 4 is 23.7 Å². The van der Waals surface area contributed by atoms with Crippen molar-refractivity contribution in [2.75, 3.05) is 19.7 Å². The monoisotopic (exact) mass is 414 g/mol. The Labute approximate surface area is 168 Å². The van der Waals surface area contributed by atoms with Gasteiger partial charge in [0.25, 0.3) is 0 Å². The van der Waals surface area contributed by atoms with E-state index in [9.17, 15) is 14.7 Å². The second-order valence-corrected chi connectivity index (χ2v) is 7.23. The van der Waals surface area contributed by atoms with Gasteiger partial charge in [-0.1, -0.05) is 0 Å². The van der Waals surface area contributed by atoms with Crippen LogP contribution in [0.5, 0.6) is 0 Å². The number of aliphatic hydroxyl groups excluding tert-OH is 1. The van der Waals surface area contributed by atoms with Crippen molar-refractivity contribution in [2.24, 2.45) is 21.5 Å². The Bertz CT molecular complexity index is 656. The number of nitrogens with zero attached hydrogens (tertiary/aromatic N) is 2. The van der Waals surface area contributed by atoms with E-state index in [-0.39, 0.29) is 6.61 Å². The SMILES string of the molecule is N[C@@H](CCCCN=C1NC(=NCCC[C@H](N)C(=O)O)NC12C[C@@H](O)CO2)C(=O)O. The highest BCUT2D eigenvalue weighted by atomic mass is 16.5. The third kappa shape index (κ3) is 6.63. The molecule has 0 amide bonds. The van der Waals surface area contributed by atoms with Crippen molar-refractivity contribution in [1.82, 2.24) is 10.6 Å². The number of carbonyl (C=O) groups is 2. The maximum Gasteiger partial charge on any atom is 0.320 e. The van der Waals surface area contributed by atoms with Gasteiger partial charge in [-0.05, 0) is 32.1 Å². The van der Waals surface area contributed by atoms with Gasteiger partial charge in [0.15, 0.2) is 11.8 Å². The normalized spacial score (nSPS) is 28.4. The number of rotatable bonds is 11. The topological polar surface area (TPSA) is 205 Å². The molecule has 2 aliphatic rings. The van der Waals surface area contributed by atoms with Crippen molar-refractivity contribution in [3.05, 3.63) is 0 Å². The van der Waals surface area contributed by atoms with Crippen LogP contribution in [0.3, 0.4) is 0 Å². The number of amidine groups is 1. The van der Waals surface area contributed by atoms with Crippen molar-refractivity contribution in [1.29, 1.82) is 0 Å². The van der Waals surface area contributed by atoms with Crippen LogP contribution in [0, 0.1) is 0 Å². The molecule has 0 bridgehead atoms. The van der Waals surface area contributed by atoms with E-state index in [0.717, 1.165) is 0 Å². The molecule has 4 atom stereocenters. The first-order valence-electron chi connectivity index (χ1n) is 9.67. The van der Waals surface area contributed by atoms with Gasteiger partial charge >= 0.3 is 11.9 Å². The number of aliphatic carboxylic acids is 2. The van der Waals surface area contributed by atoms with Gasteiger partial charge in [0.1, 0.15) is 12.1 Å². The minimum atomic E-state index is -1.04. The summed E-state index contributed by atoms with van der Waals surface area (Å²) in [7, 11) is 0. The van der Waals surface area contributed by atoms with Crippen molar-refractivity contribution in [3.63, 3.8) is 0 Å². The number of carboxylic acid groups (broad SMARTS) is 2. The summed E-state index contributed by atoms with van der Waals surface area (Å²) in [5.74, 6) is -1.11. The molecule has 164 valence electrons. The van der Waals surface area contributed by atoms with Crippen LogP contribution in [0.15, 0.2) is 9.98 Å². The Kier molecular flexibility index (Phi) is 8.32. The molecule has 12 nitrogen and oxygen atoms in total. The fraction of sp³-hybridized carbons (Fsp3) is 0.765. The maximum absolute atomic E-state index is 10.7. The number of hydrogen-bond donors (Lipinski definition) is 7. The van der Waals surface area contributed by atoms with Crippen LogP contribution in [0.25, 0.3) is 0 Å². The first kappa shape index (κ1) is 23.0. The summed E-state index contributed by atoms with van der Waals surface area (Å²) in [4.78, 5) is 30.3. The molecule has 0 aromatic heterocycles. The summed E-state index contributed by atoms with van der Waals surface area (Å²) in [6.45, 7) is 0.982. The Balaban J connectivity index is 1.89. The fourth-order valence-corrected chi connectivity index (χ4v) is 3.10. The molecule has 2 saturated heterocycles. The Hall–Kier alpha value is -2.28. The minimum Gasteiger partial charge on any atom is -0.480 e. The molecule has 2 aliphatic heterocycles. The number of nitrogens with two attached hydrogens (primary N) is 2. The molecule has 0 saturated carbocycles. The minimum absolute atomic E-state index is 0.169. The summed E-state index contributed by atoms with van der Waals surface area (Å²) >= 11 is 0. The Morgan fingerprint density at radius 3 is 2.31 bits per heavy atom. The lowest BCUT2D eigenvalue weighted by Crippen LogP contribution is -2.46. The van der Waals surface area contributed by atoms with Gasteiger partial charge in [0.05, 0.1) is 12.7 Å². The van der Waals surface area contributed by atoms with E-state index in [4.69, 9.17) is 26.4 Å². The molecule has 2 fully saturated rings. The van der Waals surface area contributed by atoms with E-state index in [2.05, 4.69) is 20.6 Å². The van der Waals surface area contributed by atoms with Crippen LogP contribution in [-0.4, -0.2) is 82.7 Å². The number of carboxylic acids is 2. The van der Waals surface area contributed by atoms with Crippen LogP contribution in [0.4, 0.5) is 0 Å². The predicted octanol–water partition coefficient (Wildman–Crippen LogP) is -1.81. The standard InChI is InChI=1S/C17H30N6O6/c18-11(13(25)26)4-1-2-6-20-15-17(8-10(24)9-29-17)23-16(22-15)21-7-3-5-12(19)14(27)28/h10-12,24H,1-9,18-19H2,(H,25,26)(H,27,28)(H2,20,21,22,23)/t10-,11+,12+,17?/m1/s1. The van der Waals surface area contributed by atoms with Crippen LogP contribution < -0.4 is 22.1 Å². The summed E-state index contributed by atoms with van der Waals surface area (Å²) in [6, 6.07) is -1.78.